The number of nitrogens with zero attached hydrogens (tertiary/aromatic N) is 2. The minimum atomic E-state index is -2.22. The monoisotopic (exact) mass is 507 g/mol. The Hall–Kier alpha value is -3.22. The Morgan fingerprint density at radius 3 is 1.94 bits per heavy atom. The third-order valence-corrected chi connectivity index (χ3v) is 10.8. The predicted octanol–water partition coefficient (Wildman–Crippen LogP) is 7.76. The number of rotatable bonds is 5. The van der Waals surface area contributed by atoms with Crippen molar-refractivity contribution in [2.24, 2.45) is 0 Å². The van der Waals surface area contributed by atoms with Gasteiger partial charge in [0.2, 0.25) is 0 Å². The summed E-state index contributed by atoms with van der Waals surface area (Å²) in [5, 5.41) is 2.82. The summed E-state index contributed by atoms with van der Waals surface area (Å²) in [5.41, 5.74) is 6.13. The summed E-state index contributed by atoms with van der Waals surface area (Å²) < 4.78 is 27.0. The average molecular weight is 508 g/mol. The van der Waals surface area contributed by atoms with E-state index in [1.54, 1.807) is 6.07 Å². The van der Waals surface area contributed by atoms with E-state index in [0.29, 0.717) is 5.56 Å². The lowest BCUT2D eigenvalue weighted by Gasteiger charge is -2.29. The maximum absolute atomic E-state index is 8.22. The van der Waals surface area contributed by atoms with Gasteiger partial charge in [0.25, 0.3) is 0 Å². The molecule has 0 aliphatic rings. The number of hydrogen-bond acceptors (Lipinski definition) is 1. The van der Waals surface area contributed by atoms with Gasteiger partial charge >= 0.3 is 0 Å². The smallest absolute Gasteiger partial charge is 0.145 e. The van der Waals surface area contributed by atoms with E-state index in [-0.39, 0.29) is 0 Å². The molecule has 182 valence electrons. The van der Waals surface area contributed by atoms with Gasteiger partial charge in [-0.15, -0.1) is 0 Å². The molecule has 4 aromatic carbocycles. The van der Waals surface area contributed by atoms with E-state index in [9.17, 15) is 0 Å². The van der Waals surface area contributed by atoms with Crippen molar-refractivity contribution in [1.82, 2.24) is 9.55 Å². The normalized spacial score (nSPS) is 13.9. The Labute approximate surface area is 221 Å². The van der Waals surface area contributed by atoms with Gasteiger partial charge in [0.05, 0.1) is 27.2 Å². The number of fused-ring (bicyclic) bond motifs is 1. The molecule has 0 saturated carbocycles. The van der Waals surface area contributed by atoms with Crippen molar-refractivity contribution >= 4 is 37.6 Å². The molecule has 2 nitrogen and oxygen atoms in total. The zero-order valence-corrected chi connectivity index (χ0v) is 24.1. The molecule has 0 aliphatic heterocycles. The van der Waals surface area contributed by atoms with E-state index in [2.05, 4.69) is 80.2 Å². The molecule has 1 heterocycles. The van der Waals surface area contributed by atoms with E-state index < -0.39 is 23.0 Å². The van der Waals surface area contributed by atoms with Crippen LogP contribution >= 0.6 is 0 Å². The highest BCUT2D eigenvalue weighted by Crippen LogP contribution is 2.33. The molecule has 0 aliphatic carbocycles. The van der Waals surface area contributed by atoms with Crippen LogP contribution in [-0.4, -0.2) is 25.7 Å². The maximum Gasteiger partial charge on any atom is 0.145 e. The first kappa shape index (κ1) is 20.9. The molecule has 1 aromatic heterocycles. The van der Waals surface area contributed by atoms with Crippen LogP contribution in [0.1, 0.15) is 9.68 Å². The molecule has 36 heavy (non-hydrogen) atoms. The fourth-order valence-corrected chi connectivity index (χ4v) is 8.21. The molecule has 0 fully saturated rings. The average Bonchev–Trinajstić information content (AvgIpc) is 3.26. The predicted molar refractivity (Wildman–Crippen MR) is 163 cm³/mol. The van der Waals surface area contributed by atoms with Gasteiger partial charge < -0.3 is 0 Å². The van der Waals surface area contributed by atoms with Crippen molar-refractivity contribution in [1.29, 1.82) is 0 Å². The zero-order chi connectivity index (χ0) is 28.2. The largest absolute Gasteiger partial charge is 0.293 e. The Morgan fingerprint density at radius 1 is 0.667 bits per heavy atom. The molecule has 0 radical (unpaired) electrons. The summed E-state index contributed by atoms with van der Waals surface area (Å²) >= 11 is 0. The highest BCUT2D eigenvalue weighted by Gasteiger charge is 2.30. The fraction of sp³-hybridized carbons (Fsp3) is 0.219. The highest BCUT2D eigenvalue weighted by molar-refractivity contribution is 6.93. The Kier molecular flexibility index (Phi) is 5.24. The van der Waals surface area contributed by atoms with Gasteiger partial charge in [-0.25, -0.2) is 4.98 Å². The van der Waals surface area contributed by atoms with Crippen LogP contribution in [-0.2, 0) is 0 Å². The minimum absolute atomic E-state index is 0.352. The van der Waals surface area contributed by atoms with E-state index in [1.165, 1.54) is 16.1 Å². The number of benzene rings is 4. The van der Waals surface area contributed by atoms with E-state index in [1.807, 2.05) is 48.5 Å². The summed E-state index contributed by atoms with van der Waals surface area (Å²) in [4.78, 5) is 5.19. The number of aryl methyl sites for hydroxylation is 1. The summed E-state index contributed by atoms with van der Waals surface area (Å²) in [6.07, 6.45) is 0. The molecule has 0 saturated heterocycles. The van der Waals surface area contributed by atoms with Gasteiger partial charge in [-0.05, 0) is 52.1 Å². The van der Waals surface area contributed by atoms with E-state index >= 15 is 0 Å². The molecular formula is C32H36N2Si2. The minimum Gasteiger partial charge on any atom is -0.293 e. The van der Waals surface area contributed by atoms with Crippen LogP contribution < -0.4 is 10.4 Å². The molecular weight excluding hydrogens is 469 g/mol. The van der Waals surface area contributed by atoms with Crippen molar-refractivity contribution in [3.05, 3.63) is 96.6 Å². The van der Waals surface area contributed by atoms with Gasteiger partial charge in [0.1, 0.15) is 5.82 Å². The van der Waals surface area contributed by atoms with Crippen molar-refractivity contribution in [2.75, 3.05) is 0 Å². The summed E-state index contributed by atoms with van der Waals surface area (Å²) in [6, 6.07) is 30.6. The van der Waals surface area contributed by atoms with Gasteiger partial charge in [0, 0.05) is 15.4 Å². The lowest BCUT2D eigenvalue weighted by Crippen LogP contribution is -2.49. The van der Waals surface area contributed by atoms with Crippen molar-refractivity contribution in [3.63, 3.8) is 0 Å². The second kappa shape index (κ2) is 9.02. The Bertz CT molecular complexity index is 1630. The van der Waals surface area contributed by atoms with Crippen LogP contribution in [0.25, 0.3) is 39.2 Å². The quantitative estimate of drug-likeness (QED) is 0.222. The Balaban J connectivity index is 1.90. The zero-order valence-electron chi connectivity index (χ0n) is 25.1. The van der Waals surface area contributed by atoms with Gasteiger partial charge in [0.15, 0.2) is 0 Å². The molecule has 0 atom stereocenters. The molecule has 0 N–H and O–H groups in total. The van der Waals surface area contributed by atoms with Crippen LogP contribution in [0.3, 0.4) is 0 Å². The number of hydrogen-bond donors (Lipinski definition) is 0. The van der Waals surface area contributed by atoms with E-state index in [4.69, 9.17) is 9.10 Å². The first-order valence-electron chi connectivity index (χ1n) is 14.1. The third-order valence-electron chi connectivity index (χ3n) is 6.80. The first-order chi connectivity index (χ1) is 18.3. The molecule has 0 unspecified atom stereocenters. The second-order valence-electron chi connectivity index (χ2n) is 11.6. The van der Waals surface area contributed by atoms with Gasteiger partial charge in [-0.2, -0.15) is 0 Å². The van der Waals surface area contributed by atoms with Crippen molar-refractivity contribution < 1.29 is 4.11 Å². The topological polar surface area (TPSA) is 17.8 Å². The molecule has 0 bridgehead atoms. The molecule has 0 amide bonds. The first-order valence-corrected chi connectivity index (χ1v) is 19.6. The van der Waals surface area contributed by atoms with Crippen LogP contribution in [0.15, 0.2) is 91.0 Å². The molecule has 4 heteroatoms. The van der Waals surface area contributed by atoms with Crippen LogP contribution in [0.4, 0.5) is 0 Å². The standard InChI is InChI=1S/C32H36N2Si2/c1-23-20-21-25(22-26(23)24-14-9-8-10-15-24)32-33-27-16-11-12-17-28(27)34(32)31-29(35(2,3)4)18-13-19-30(31)36(5,6)7/h8-22H,1-7H3/i1D3. The van der Waals surface area contributed by atoms with Crippen LogP contribution in [0.2, 0.25) is 39.3 Å². The van der Waals surface area contributed by atoms with Crippen molar-refractivity contribution in [3.8, 4) is 28.2 Å². The molecule has 0 spiro atoms. The molecule has 5 rings (SSSR count). The van der Waals surface area contributed by atoms with Crippen LogP contribution in [0, 0.1) is 6.85 Å². The lowest BCUT2D eigenvalue weighted by atomic mass is 9.98. The Morgan fingerprint density at radius 2 is 1.31 bits per heavy atom. The third kappa shape index (κ3) is 4.40. The van der Waals surface area contributed by atoms with E-state index in [0.717, 1.165) is 33.5 Å². The SMILES string of the molecule is [2H]C([2H])([2H])c1ccc(-c2nc3ccccc3n2-c2c([Si](C)(C)C)cccc2[Si](C)(C)C)cc1-c1ccccc1. The second-order valence-corrected chi connectivity index (χ2v) is 21.7. The van der Waals surface area contributed by atoms with Crippen molar-refractivity contribution in [2.45, 2.75) is 46.1 Å². The number of para-hydroxylation sites is 3. The maximum atomic E-state index is 8.22. The summed E-state index contributed by atoms with van der Waals surface area (Å²) in [6.45, 7) is 12.2. The lowest BCUT2D eigenvalue weighted by molar-refractivity contribution is 1.11. The summed E-state index contributed by atoms with van der Waals surface area (Å²) in [5.74, 6) is 0.843. The van der Waals surface area contributed by atoms with Gasteiger partial charge in [-0.3, -0.25) is 4.57 Å². The number of imidazole rings is 1. The summed E-state index contributed by atoms with van der Waals surface area (Å²) in [7, 11) is -3.51. The van der Waals surface area contributed by atoms with Crippen LogP contribution in [0.5, 0.6) is 0 Å². The fourth-order valence-electron chi connectivity index (χ4n) is 4.98. The van der Waals surface area contributed by atoms with Gasteiger partial charge in [-0.1, -0.05) is 112 Å². The number of aromatic nitrogens is 2. The highest BCUT2D eigenvalue weighted by atomic mass is 28.3. The molecule has 5 aromatic rings.